The SMILES string of the molecule is c1ccc2c(c1)-c1ccccc1[Te]213(O[Te]24(O1)(c1ccccc1-c1ccccc12)c1ccccc1-c1ccccc14)c1ccccc1-c1ccccc13. The third-order valence-electron chi connectivity index (χ3n) is 13.0. The Balaban J connectivity index is 1.41. The molecule has 0 aromatic heterocycles. The van der Waals surface area contributed by atoms with E-state index in [2.05, 4.69) is 194 Å². The summed E-state index contributed by atoms with van der Waals surface area (Å²) in [5.41, 5.74) is 9.66. The molecule has 1 fully saturated rings. The molecule has 4 heteroatoms. The van der Waals surface area contributed by atoms with E-state index >= 15 is 0 Å². The molecule has 248 valence electrons. The summed E-state index contributed by atoms with van der Waals surface area (Å²) in [4.78, 5) is 0. The third-order valence-corrected chi connectivity index (χ3v) is 73.2. The van der Waals surface area contributed by atoms with E-state index in [9.17, 15) is 2.93 Å². The van der Waals surface area contributed by atoms with Crippen molar-refractivity contribution in [3.05, 3.63) is 194 Å². The zero-order chi connectivity index (χ0) is 34.1. The van der Waals surface area contributed by atoms with E-state index < -0.39 is 32.5 Å². The van der Waals surface area contributed by atoms with Crippen LogP contribution in [0.4, 0.5) is 0 Å². The fourth-order valence-electron chi connectivity index (χ4n) is 11.6. The van der Waals surface area contributed by atoms with E-state index in [0.717, 1.165) is 0 Å². The zero-order valence-corrected chi connectivity index (χ0v) is 32.8. The molecule has 0 bridgehead atoms. The maximum atomic E-state index is 9.68. The van der Waals surface area contributed by atoms with E-state index in [1.165, 1.54) is 73.4 Å². The van der Waals surface area contributed by atoms with Crippen LogP contribution in [0.25, 0.3) is 44.5 Å². The average molecular weight is 896 g/mol. The Labute approximate surface area is 300 Å². The topological polar surface area (TPSA) is 18.5 Å². The first-order valence-electron chi connectivity index (χ1n) is 17.9. The monoisotopic (exact) mass is 900 g/mol. The second-order valence-electron chi connectivity index (χ2n) is 14.8. The summed E-state index contributed by atoms with van der Waals surface area (Å²) >= 11 is -12.7. The van der Waals surface area contributed by atoms with E-state index in [1.807, 2.05) is 0 Å². The van der Waals surface area contributed by atoms with Crippen molar-refractivity contribution in [2.75, 3.05) is 0 Å². The molecule has 0 saturated carbocycles. The Morgan fingerprint density at radius 2 is 0.327 bits per heavy atom. The summed E-state index contributed by atoms with van der Waals surface area (Å²) < 4.78 is 29.0. The Hall–Kier alpha value is -4.74. The van der Waals surface area contributed by atoms with Crippen LogP contribution in [0.5, 0.6) is 0 Å². The summed E-state index contributed by atoms with van der Waals surface area (Å²) in [7, 11) is 0. The minimum absolute atomic E-state index is 1.21. The molecular formula is C48H32O2Te2. The fraction of sp³-hybridized carbons (Fsp3) is 0. The van der Waals surface area contributed by atoms with Crippen molar-refractivity contribution < 1.29 is 2.93 Å². The Kier molecular flexibility index (Phi) is 4.56. The molecule has 5 heterocycles. The number of hydrogen-bond acceptors (Lipinski definition) is 2. The van der Waals surface area contributed by atoms with Crippen molar-refractivity contribution in [2.45, 2.75) is 0 Å². The Morgan fingerprint density at radius 3 is 0.481 bits per heavy atom. The molecule has 1 saturated heterocycles. The first kappa shape index (κ1) is 28.8. The third kappa shape index (κ3) is 2.23. The quantitative estimate of drug-likeness (QED) is 0.177. The molecule has 2 nitrogen and oxygen atoms in total. The molecule has 0 N–H and O–H groups in total. The predicted molar refractivity (Wildman–Crippen MR) is 218 cm³/mol. The van der Waals surface area contributed by atoms with Gasteiger partial charge in [0, 0.05) is 0 Å². The van der Waals surface area contributed by atoms with Crippen LogP contribution in [-0.4, -0.2) is 32.5 Å². The van der Waals surface area contributed by atoms with Crippen molar-refractivity contribution >= 4 is 61.4 Å². The van der Waals surface area contributed by atoms with E-state index in [1.54, 1.807) is 0 Å². The molecule has 0 radical (unpaired) electrons. The molecule has 0 amide bonds. The van der Waals surface area contributed by atoms with Crippen molar-refractivity contribution in [1.29, 1.82) is 0 Å². The van der Waals surface area contributed by atoms with Crippen molar-refractivity contribution in [3.63, 3.8) is 0 Å². The maximum absolute atomic E-state index is 9.68. The van der Waals surface area contributed by atoms with Gasteiger partial charge in [-0.3, -0.25) is 0 Å². The summed E-state index contributed by atoms with van der Waals surface area (Å²) in [5.74, 6) is 0. The van der Waals surface area contributed by atoms with Gasteiger partial charge in [0.05, 0.1) is 0 Å². The van der Waals surface area contributed by atoms with Gasteiger partial charge >= 0.3 is 303 Å². The zero-order valence-electron chi connectivity index (χ0n) is 28.1. The van der Waals surface area contributed by atoms with Gasteiger partial charge in [0.2, 0.25) is 0 Å². The summed E-state index contributed by atoms with van der Waals surface area (Å²) in [5, 5.41) is 0. The van der Waals surface area contributed by atoms with E-state index in [4.69, 9.17) is 0 Å². The molecule has 0 unspecified atom stereocenters. The van der Waals surface area contributed by atoms with Gasteiger partial charge < -0.3 is 0 Å². The standard InChI is InChI=1S/C48H32O2Te2/c1-9-25-41-33(17-1)34-18-2-10-26-42(34)51(41,43-27-11-3-19-35(43)36-20-4-12-28-44(36)51)49-52(50-51,45-29-13-5-21-37(45)38-22-6-14-30-46(38)52)47-31-15-7-23-39(47)40-24-8-16-32-48(40)52/h1-32H. The van der Waals surface area contributed by atoms with E-state index in [0.29, 0.717) is 0 Å². The second-order valence-corrected chi connectivity index (χ2v) is 46.2. The average Bonchev–Trinajstić information content (AvgIpc) is 3.79. The van der Waals surface area contributed by atoms with Gasteiger partial charge in [0.1, 0.15) is 0 Å². The fourth-order valence-corrected chi connectivity index (χ4v) is 105. The molecule has 0 aliphatic carbocycles. The van der Waals surface area contributed by atoms with Gasteiger partial charge in [0.25, 0.3) is 0 Å². The van der Waals surface area contributed by atoms with Gasteiger partial charge in [-0.1, -0.05) is 0 Å². The van der Waals surface area contributed by atoms with Crippen LogP contribution in [0.3, 0.4) is 0 Å². The number of rotatable bonds is 0. The number of benzene rings is 8. The van der Waals surface area contributed by atoms with Crippen molar-refractivity contribution in [3.8, 4) is 44.5 Å². The second kappa shape index (κ2) is 8.24. The van der Waals surface area contributed by atoms with Crippen LogP contribution in [0.1, 0.15) is 0 Å². The molecule has 52 heavy (non-hydrogen) atoms. The van der Waals surface area contributed by atoms with E-state index in [-0.39, 0.29) is 0 Å². The molecule has 5 aliphatic heterocycles. The van der Waals surface area contributed by atoms with Gasteiger partial charge in [-0.05, 0) is 0 Å². The van der Waals surface area contributed by atoms with Gasteiger partial charge in [0.15, 0.2) is 0 Å². The Bertz CT molecular complexity index is 2430. The van der Waals surface area contributed by atoms with Crippen molar-refractivity contribution in [2.24, 2.45) is 0 Å². The minimum atomic E-state index is -6.37. The summed E-state index contributed by atoms with van der Waals surface area (Å²) in [6.07, 6.45) is 0. The molecule has 2 spiro atoms. The first-order chi connectivity index (χ1) is 25.6. The van der Waals surface area contributed by atoms with Crippen LogP contribution >= 0.6 is 0 Å². The molecule has 8 aromatic carbocycles. The number of fused-ring (bicyclic) bond motifs is 12. The van der Waals surface area contributed by atoms with Gasteiger partial charge in [-0.15, -0.1) is 0 Å². The molecule has 5 aliphatic rings. The van der Waals surface area contributed by atoms with Gasteiger partial charge in [-0.25, -0.2) is 0 Å². The predicted octanol–water partition coefficient (Wildman–Crippen LogP) is 5.91. The van der Waals surface area contributed by atoms with Crippen LogP contribution in [0.15, 0.2) is 194 Å². The summed E-state index contributed by atoms with van der Waals surface area (Å²) in [6, 6.07) is 72.4. The molecule has 0 atom stereocenters. The molecule has 8 aromatic rings. The van der Waals surface area contributed by atoms with Crippen molar-refractivity contribution in [1.82, 2.24) is 0 Å². The van der Waals surface area contributed by atoms with Crippen LogP contribution in [0.2, 0.25) is 0 Å². The summed E-state index contributed by atoms with van der Waals surface area (Å²) in [6.45, 7) is 0. The van der Waals surface area contributed by atoms with Crippen LogP contribution < -0.4 is 28.9 Å². The number of hydrogen-bond donors (Lipinski definition) is 0. The first-order valence-corrected chi connectivity index (χ1v) is 31.0. The molecule has 13 rings (SSSR count). The van der Waals surface area contributed by atoms with Crippen LogP contribution in [-0.2, 0) is 2.93 Å². The normalized spacial score (nSPS) is 22.5. The molecular weight excluding hydrogens is 864 g/mol. The Morgan fingerprint density at radius 1 is 0.192 bits per heavy atom. The van der Waals surface area contributed by atoms with Gasteiger partial charge in [-0.2, -0.15) is 0 Å². The van der Waals surface area contributed by atoms with Crippen LogP contribution in [0, 0.1) is 0 Å².